The van der Waals surface area contributed by atoms with E-state index in [-0.39, 0.29) is 17.5 Å². The molecule has 1 atom stereocenters. The largest absolute Gasteiger partial charge is 0.481 e. The first-order valence-electron chi connectivity index (χ1n) is 5.50. The van der Waals surface area contributed by atoms with Crippen LogP contribution in [0.5, 0.6) is 0 Å². The van der Waals surface area contributed by atoms with Crippen molar-refractivity contribution < 1.29 is 15.0 Å². The van der Waals surface area contributed by atoms with Gasteiger partial charge in [0.05, 0.1) is 6.42 Å². The quantitative estimate of drug-likeness (QED) is 0.757. The zero-order valence-corrected chi connectivity index (χ0v) is 9.51. The van der Waals surface area contributed by atoms with Gasteiger partial charge in [-0.15, -0.1) is 0 Å². The molecule has 1 aromatic rings. The van der Waals surface area contributed by atoms with E-state index in [9.17, 15) is 14.7 Å². The minimum atomic E-state index is -1.05. The van der Waals surface area contributed by atoms with Crippen molar-refractivity contribution in [2.45, 2.75) is 38.8 Å². The predicted molar refractivity (Wildman–Crippen MR) is 58.8 cm³/mol. The van der Waals surface area contributed by atoms with Crippen LogP contribution in [0.1, 0.15) is 36.0 Å². The van der Waals surface area contributed by atoms with Gasteiger partial charge in [0.1, 0.15) is 11.9 Å². The van der Waals surface area contributed by atoms with Gasteiger partial charge in [0.15, 0.2) is 0 Å². The summed E-state index contributed by atoms with van der Waals surface area (Å²) in [5.74, 6) is -0.697. The number of aliphatic hydroxyl groups excluding tert-OH is 1. The van der Waals surface area contributed by atoms with Crippen LogP contribution in [0, 0.1) is 6.92 Å². The number of hydrogen-bond acceptors (Lipinski definition) is 4. The van der Waals surface area contributed by atoms with Gasteiger partial charge in [0.2, 0.25) is 0 Å². The summed E-state index contributed by atoms with van der Waals surface area (Å²) in [6, 6.07) is 0. The molecule has 0 bridgehead atoms. The lowest BCUT2D eigenvalue weighted by molar-refractivity contribution is -0.136. The molecule has 0 saturated carbocycles. The van der Waals surface area contributed by atoms with Crippen molar-refractivity contribution in [3.63, 3.8) is 0 Å². The van der Waals surface area contributed by atoms with Gasteiger partial charge in [-0.2, -0.15) is 0 Å². The molecule has 0 saturated heterocycles. The molecule has 17 heavy (non-hydrogen) atoms. The lowest BCUT2D eigenvalue weighted by Crippen LogP contribution is -2.34. The molecule has 0 fully saturated rings. The van der Waals surface area contributed by atoms with Crippen LogP contribution in [-0.4, -0.2) is 25.7 Å². The van der Waals surface area contributed by atoms with Crippen LogP contribution in [0.2, 0.25) is 0 Å². The van der Waals surface area contributed by atoms with Crippen molar-refractivity contribution in [3.8, 4) is 0 Å². The molecule has 6 heteroatoms. The molecule has 0 aliphatic carbocycles. The fourth-order valence-corrected chi connectivity index (χ4v) is 2.12. The minimum Gasteiger partial charge on any atom is -0.481 e. The van der Waals surface area contributed by atoms with Crippen molar-refractivity contribution in [2.75, 3.05) is 0 Å². The Balaban J connectivity index is 2.58. The Morgan fingerprint density at radius 1 is 1.59 bits per heavy atom. The molecule has 0 spiro atoms. The van der Waals surface area contributed by atoms with E-state index in [1.165, 1.54) is 4.57 Å². The Kier molecular flexibility index (Phi) is 2.97. The van der Waals surface area contributed by atoms with Crippen LogP contribution >= 0.6 is 0 Å². The number of nitrogens with zero attached hydrogens (tertiary/aromatic N) is 2. The highest BCUT2D eigenvalue weighted by Gasteiger charge is 2.23. The summed E-state index contributed by atoms with van der Waals surface area (Å²) >= 11 is 0. The second-order valence-corrected chi connectivity index (χ2v) is 4.22. The number of carboxylic acids is 1. The van der Waals surface area contributed by atoms with E-state index < -0.39 is 12.1 Å². The first-order valence-corrected chi connectivity index (χ1v) is 5.50. The lowest BCUT2D eigenvalue weighted by Gasteiger charge is -2.23. The van der Waals surface area contributed by atoms with Crippen LogP contribution in [0.15, 0.2) is 4.79 Å². The summed E-state index contributed by atoms with van der Waals surface area (Å²) in [5, 5.41) is 18.5. The maximum absolute atomic E-state index is 12.1. The van der Waals surface area contributed by atoms with Crippen molar-refractivity contribution in [1.29, 1.82) is 0 Å². The number of aromatic nitrogens is 2. The number of carbonyl (C=O) groups is 1. The molecule has 1 unspecified atom stereocenters. The molecule has 0 radical (unpaired) electrons. The molecule has 1 aliphatic rings. The number of rotatable bonds is 2. The van der Waals surface area contributed by atoms with Gasteiger partial charge < -0.3 is 10.2 Å². The molecule has 2 rings (SSSR count). The second kappa shape index (κ2) is 4.29. The number of hydrogen-bond donors (Lipinski definition) is 2. The van der Waals surface area contributed by atoms with E-state index in [0.717, 1.165) is 0 Å². The molecule has 92 valence electrons. The Morgan fingerprint density at radius 3 is 2.94 bits per heavy atom. The lowest BCUT2D eigenvalue weighted by atomic mass is 10.1. The van der Waals surface area contributed by atoms with Crippen molar-refractivity contribution in [2.24, 2.45) is 0 Å². The molecule has 0 aromatic carbocycles. The van der Waals surface area contributed by atoms with Crippen LogP contribution in [-0.2, 0) is 17.8 Å². The van der Waals surface area contributed by atoms with E-state index in [4.69, 9.17) is 5.11 Å². The number of aliphatic carboxylic acids is 1. The molecular weight excluding hydrogens is 224 g/mol. The molecule has 0 amide bonds. The maximum Gasteiger partial charge on any atom is 0.308 e. The van der Waals surface area contributed by atoms with Gasteiger partial charge in [0, 0.05) is 17.8 Å². The van der Waals surface area contributed by atoms with E-state index in [2.05, 4.69) is 4.98 Å². The average molecular weight is 238 g/mol. The standard InChI is InChI=1S/C11H14N2O4/c1-6-7(5-9(15)16)11(17)13-4-2-3-8(14)10(13)12-6/h8,14H,2-5H2,1H3,(H,15,16). The minimum absolute atomic E-state index is 0.204. The average Bonchev–Trinajstić information content (AvgIpc) is 2.26. The third-order valence-corrected chi connectivity index (χ3v) is 2.98. The molecule has 2 heterocycles. The SMILES string of the molecule is Cc1nc2n(c(=O)c1CC(=O)O)CCCC2O. The van der Waals surface area contributed by atoms with Crippen LogP contribution in [0.25, 0.3) is 0 Å². The third-order valence-electron chi connectivity index (χ3n) is 2.98. The van der Waals surface area contributed by atoms with Gasteiger partial charge in [-0.3, -0.25) is 14.2 Å². The topological polar surface area (TPSA) is 92.4 Å². The van der Waals surface area contributed by atoms with E-state index >= 15 is 0 Å². The zero-order valence-electron chi connectivity index (χ0n) is 9.51. The van der Waals surface area contributed by atoms with Gasteiger partial charge in [0.25, 0.3) is 5.56 Å². The summed E-state index contributed by atoms with van der Waals surface area (Å²) in [6.45, 7) is 2.09. The van der Waals surface area contributed by atoms with Crippen LogP contribution in [0.4, 0.5) is 0 Å². The first kappa shape index (κ1) is 11.8. The smallest absolute Gasteiger partial charge is 0.308 e. The molecule has 2 N–H and O–H groups in total. The number of carboxylic acid groups (broad SMARTS) is 1. The van der Waals surface area contributed by atoms with Crippen molar-refractivity contribution >= 4 is 5.97 Å². The summed E-state index contributed by atoms with van der Waals surface area (Å²) in [5.41, 5.74) is 0.258. The molecule has 6 nitrogen and oxygen atoms in total. The van der Waals surface area contributed by atoms with Gasteiger partial charge >= 0.3 is 5.97 Å². The highest BCUT2D eigenvalue weighted by molar-refractivity contribution is 5.70. The zero-order chi connectivity index (χ0) is 12.6. The number of fused-ring (bicyclic) bond motifs is 1. The fourth-order valence-electron chi connectivity index (χ4n) is 2.12. The van der Waals surface area contributed by atoms with Crippen LogP contribution < -0.4 is 5.56 Å². The number of aryl methyl sites for hydroxylation is 1. The number of aliphatic hydroxyl groups is 1. The first-order chi connectivity index (χ1) is 8.00. The predicted octanol–water partition coefficient (Wildman–Crippen LogP) is 0.00602. The van der Waals surface area contributed by atoms with Crippen molar-refractivity contribution in [1.82, 2.24) is 9.55 Å². The summed E-state index contributed by atoms with van der Waals surface area (Å²) in [7, 11) is 0. The highest BCUT2D eigenvalue weighted by atomic mass is 16.4. The molecule has 1 aromatic heterocycles. The van der Waals surface area contributed by atoms with Crippen LogP contribution in [0.3, 0.4) is 0 Å². The Bertz CT molecular complexity index is 521. The molecular formula is C11H14N2O4. The monoisotopic (exact) mass is 238 g/mol. The van der Waals surface area contributed by atoms with E-state index in [0.29, 0.717) is 30.9 Å². The Labute approximate surface area is 97.5 Å². The fraction of sp³-hybridized carbons (Fsp3) is 0.545. The van der Waals surface area contributed by atoms with E-state index in [1.807, 2.05) is 0 Å². The normalized spacial score (nSPS) is 18.8. The van der Waals surface area contributed by atoms with Gasteiger partial charge in [-0.25, -0.2) is 4.98 Å². The van der Waals surface area contributed by atoms with Gasteiger partial charge in [-0.1, -0.05) is 0 Å². The Morgan fingerprint density at radius 2 is 2.29 bits per heavy atom. The van der Waals surface area contributed by atoms with Gasteiger partial charge in [-0.05, 0) is 19.8 Å². The summed E-state index contributed by atoms with van der Waals surface area (Å²) in [4.78, 5) is 26.9. The second-order valence-electron chi connectivity index (χ2n) is 4.22. The highest BCUT2D eigenvalue weighted by Crippen LogP contribution is 2.22. The van der Waals surface area contributed by atoms with E-state index in [1.54, 1.807) is 6.92 Å². The molecule has 1 aliphatic heterocycles. The maximum atomic E-state index is 12.1. The Hall–Kier alpha value is -1.69. The summed E-state index contributed by atoms with van der Waals surface area (Å²) < 4.78 is 1.39. The van der Waals surface area contributed by atoms with Crippen molar-refractivity contribution in [3.05, 3.63) is 27.4 Å². The summed E-state index contributed by atoms with van der Waals surface area (Å²) in [6.07, 6.45) is 0.234. The third kappa shape index (κ3) is 2.08.